The fourth-order valence-corrected chi connectivity index (χ4v) is 2.47. The van der Waals surface area contributed by atoms with E-state index in [0.29, 0.717) is 11.1 Å². The maximum atomic E-state index is 5.74. The second kappa shape index (κ2) is 5.80. The Balaban J connectivity index is 1.91. The molecule has 3 aromatic rings. The van der Waals surface area contributed by atoms with Crippen LogP contribution in [0.2, 0.25) is 0 Å². The van der Waals surface area contributed by atoms with E-state index in [1.54, 1.807) is 30.4 Å². The average molecular weight is 300 g/mol. The molecule has 0 amide bonds. The lowest BCUT2D eigenvalue weighted by Crippen LogP contribution is -2.05. The summed E-state index contributed by atoms with van der Waals surface area (Å²) in [7, 11) is 1.63. The van der Waals surface area contributed by atoms with Crippen molar-refractivity contribution in [2.24, 2.45) is 0 Å². The van der Waals surface area contributed by atoms with Crippen LogP contribution >= 0.6 is 11.8 Å². The number of hydrogen-bond donors (Lipinski definition) is 1. The van der Waals surface area contributed by atoms with Crippen molar-refractivity contribution in [3.63, 3.8) is 0 Å². The molecule has 2 aromatic heterocycles. The Bertz CT molecular complexity index is 746. The molecule has 3 rings (SSSR count). The zero-order valence-corrected chi connectivity index (χ0v) is 12.0. The van der Waals surface area contributed by atoms with Crippen molar-refractivity contribution >= 4 is 17.7 Å². The van der Waals surface area contributed by atoms with Crippen LogP contribution in [0, 0.1) is 0 Å². The molecular weight excluding hydrogens is 288 g/mol. The van der Waals surface area contributed by atoms with E-state index in [0.717, 1.165) is 10.6 Å². The second-order valence-corrected chi connectivity index (χ2v) is 5.07. The third-order valence-electron chi connectivity index (χ3n) is 2.61. The van der Waals surface area contributed by atoms with Crippen LogP contribution in [0.1, 0.15) is 0 Å². The minimum Gasteiger partial charge on any atom is -0.497 e. The molecule has 8 heteroatoms. The van der Waals surface area contributed by atoms with E-state index in [-0.39, 0.29) is 5.95 Å². The number of nitrogen functional groups attached to an aromatic ring is 1. The third kappa shape index (κ3) is 3.11. The van der Waals surface area contributed by atoms with Crippen LogP contribution in [0.4, 0.5) is 5.95 Å². The standard InChI is InChI=1S/C13H12N6OS/c1-20-9-3-2-4-10(7-9)21-13-17-11(14)16-12(18-13)19-6-5-15-8-19/h2-8H,1H3,(H2,14,16,17,18). The Morgan fingerprint density at radius 3 is 2.90 bits per heavy atom. The summed E-state index contributed by atoms with van der Waals surface area (Å²) in [6.45, 7) is 0. The Hall–Kier alpha value is -2.61. The van der Waals surface area contributed by atoms with Gasteiger partial charge in [-0.15, -0.1) is 0 Å². The van der Waals surface area contributed by atoms with Crippen LogP contribution < -0.4 is 10.5 Å². The predicted molar refractivity (Wildman–Crippen MR) is 78.5 cm³/mol. The highest BCUT2D eigenvalue weighted by molar-refractivity contribution is 7.99. The lowest BCUT2D eigenvalue weighted by Gasteiger charge is -2.06. The Labute approximate surface area is 125 Å². The minimum absolute atomic E-state index is 0.166. The first-order valence-electron chi connectivity index (χ1n) is 6.06. The highest BCUT2D eigenvalue weighted by atomic mass is 32.2. The number of nitrogens with zero attached hydrogens (tertiary/aromatic N) is 5. The fraction of sp³-hybridized carbons (Fsp3) is 0.0769. The SMILES string of the molecule is COc1cccc(Sc2nc(N)nc(-n3ccnc3)n2)c1. The number of imidazole rings is 1. The van der Waals surface area contributed by atoms with Gasteiger partial charge < -0.3 is 10.5 Å². The second-order valence-electron chi connectivity index (χ2n) is 4.03. The zero-order chi connectivity index (χ0) is 14.7. The van der Waals surface area contributed by atoms with Gasteiger partial charge in [-0.2, -0.15) is 15.0 Å². The van der Waals surface area contributed by atoms with Gasteiger partial charge in [-0.25, -0.2) is 4.98 Å². The number of hydrogen-bond acceptors (Lipinski definition) is 7. The topological polar surface area (TPSA) is 91.7 Å². The van der Waals surface area contributed by atoms with Gasteiger partial charge in [0.15, 0.2) is 5.16 Å². The third-order valence-corrected chi connectivity index (χ3v) is 3.46. The maximum absolute atomic E-state index is 5.74. The molecule has 0 radical (unpaired) electrons. The fourth-order valence-electron chi connectivity index (χ4n) is 1.67. The van der Waals surface area contributed by atoms with E-state index < -0.39 is 0 Å². The minimum atomic E-state index is 0.166. The van der Waals surface area contributed by atoms with Crippen LogP contribution in [0.5, 0.6) is 5.75 Å². The molecule has 21 heavy (non-hydrogen) atoms. The Morgan fingerprint density at radius 2 is 2.14 bits per heavy atom. The van der Waals surface area contributed by atoms with Gasteiger partial charge in [0, 0.05) is 17.3 Å². The monoisotopic (exact) mass is 300 g/mol. The smallest absolute Gasteiger partial charge is 0.240 e. The van der Waals surface area contributed by atoms with Crippen molar-refractivity contribution in [2.45, 2.75) is 10.1 Å². The van der Waals surface area contributed by atoms with Crippen LogP contribution in [0.15, 0.2) is 53.0 Å². The normalized spacial score (nSPS) is 10.5. The lowest BCUT2D eigenvalue weighted by molar-refractivity contribution is 0.413. The Morgan fingerprint density at radius 1 is 1.24 bits per heavy atom. The Kier molecular flexibility index (Phi) is 3.69. The number of nitrogens with two attached hydrogens (primary N) is 1. The van der Waals surface area contributed by atoms with Crippen molar-refractivity contribution in [3.05, 3.63) is 43.0 Å². The summed E-state index contributed by atoms with van der Waals surface area (Å²) in [5.41, 5.74) is 5.74. The van der Waals surface area contributed by atoms with Gasteiger partial charge in [0.25, 0.3) is 0 Å². The van der Waals surface area contributed by atoms with Gasteiger partial charge >= 0.3 is 0 Å². The molecule has 0 aliphatic heterocycles. The summed E-state index contributed by atoms with van der Waals surface area (Å²) >= 11 is 1.39. The molecule has 0 bridgehead atoms. The zero-order valence-electron chi connectivity index (χ0n) is 11.2. The number of ether oxygens (including phenoxy) is 1. The van der Waals surface area contributed by atoms with Crippen LogP contribution in [0.3, 0.4) is 0 Å². The molecule has 1 aromatic carbocycles. The van der Waals surface area contributed by atoms with Crippen molar-refractivity contribution < 1.29 is 4.74 Å². The summed E-state index contributed by atoms with van der Waals surface area (Å²) in [6, 6.07) is 7.64. The number of rotatable bonds is 4. The summed E-state index contributed by atoms with van der Waals surface area (Å²) < 4.78 is 6.87. The van der Waals surface area contributed by atoms with Gasteiger partial charge in [0.1, 0.15) is 12.1 Å². The van der Waals surface area contributed by atoms with Crippen molar-refractivity contribution in [1.82, 2.24) is 24.5 Å². The van der Waals surface area contributed by atoms with E-state index >= 15 is 0 Å². The number of anilines is 1. The number of benzene rings is 1. The van der Waals surface area contributed by atoms with Gasteiger partial charge in [0.05, 0.1) is 7.11 Å². The molecule has 0 fully saturated rings. The van der Waals surface area contributed by atoms with E-state index in [1.807, 2.05) is 24.3 Å². The molecule has 2 N–H and O–H groups in total. The quantitative estimate of drug-likeness (QED) is 0.785. The molecular formula is C13H12N6OS. The highest BCUT2D eigenvalue weighted by Crippen LogP contribution is 2.28. The van der Waals surface area contributed by atoms with Gasteiger partial charge in [-0.1, -0.05) is 6.07 Å². The summed E-state index contributed by atoms with van der Waals surface area (Å²) in [6.07, 6.45) is 5.00. The number of aromatic nitrogens is 5. The predicted octanol–water partition coefficient (Wildman–Crippen LogP) is 1.80. The summed E-state index contributed by atoms with van der Waals surface area (Å²) in [4.78, 5) is 17.5. The molecule has 106 valence electrons. The van der Waals surface area contributed by atoms with Crippen molar-refractivity contribution in [1.29, 1.82) is 0 Å². The van der Waals surface area contributed by atoms with E-state index in [1.165, 1.54) is 11.8 Å². The molecule has 2 heterocycles. The molecule has 0 unspecified atom stereocenters. The molecule has 7 nitrogen and oxygen atoms in total. The van der Waals surface area contributed by atoms with Gasteiger partial charge in [-0.3, -0.25) is 4.57 Å². The molecule has 0 aliphatic carbocycles. The largest absolute Gasteiger partial charge is 0.497 e. The lowest BCUT2D eigenvalue weighted by atomic mass is 10.3. The first-order valence-corrected chi connectivity index (χ1v) is 6.88. The van der Waals surface area contributed by atoms with Crippen molar-refractivity contribution in [2.75, 3.05) is 12.8 Å². The molecule has 0 saturated heterocycles. The summed E-state index contributed by atoms with van der Waals surface area (Å²) in [5.74, 6) is 1.38. The molecule has 0 spiro atoms. The van der Waals surface area contributed by atoms with Gasteiger partial charge in [-0.05, 0) is 30.0 Å². The first kappa shape index (κ1) is 13.4. The number of methoxy groups -OCH3 is 1. The first-order chi connectivity index (χ1) is 10.2. The molecule has 0 aliphatic rings. The summed E-state index contributed by atoms with van der Waals surface area (Å²) in [5, 5.41) is 0.513. The van der Waals surface area contributed by atoms with Crippen LogP contribution in [-0.2, 0) is 0 Å². The van der Waals surface area contributed by atoms with E-state index in [2.05, 4.69) is 19.9 Å². The maximum Gasteiger partial charge on any atom is 0.240 e. The van der Waals surface area contributed by atoms with Gasteiger partial charge in [0.2, 0.25) is 11.9 Å². The highest BCUT2D eigenvalue weighted by Gasteiger charge is 2.08. The average Bonchev–Trinajstić information content (AvgIpc) is 3.01. The van der Waals surface area contributed by atoms with E-state index in [4.69, 9.17) is 10.5 Å². The van der Waals surface area contributed by atoms with Crippen LogP contribution in [-0.4, -0.2) is 31.6 Å². The molecule has 0 atom stereocenters. The van der Waals surface area contributed by atoms with Crippen molar-refractivity contribution in [3.8, 4) is 11.7 Å². The van der Waals surface area contributed by atoms with E-state index in [9.17, 15) is 0 Å². The molecule has 0 saturated carbocycles. The van der Waals surface area contributed by atoms with Crippen LogP contribution in [0.25, 0.3) is 5.95 Å².